The van der Waals surface area contributed by atoms with E-state index in [4.69, 9.17) is 11.6 Å². The summed E-state index contributed by atoms with van der Waals surface area (Å²) in [5.41, 5.74) is 1.91. The van der Waals surface area contributed by atoms with Crippen LogP contribution in [0, 0.1) is 24.2 Å². The Bertz CT molecular complexity index is 948. The summed E-state index contributed by atoms with van der Waals surface area (Å²) in [6, 6.07) is 10.8. The van der Waals surface area contributed by atoms with E-state index >= 15 is 0 Å². The first kappa shape index (κ1) is 20.6. The molecule has 0 bridgehead atoms. The van der Waals surface area contributed by atoms with Gasteiger partial charge in [0.1, 0.15) is 11.9 Å². The molecule has 2 aromatic rings. The molecule has 0 radical (unpaired) electrons. The van der Waals surface area contributed by atoms with Crippen LogP contribution < -0.4 is 15.5 Å². The molecule has 2 amide bonds. The summed E-state index contributed by atoms with van der Waals surface area (Å²) in [6.45, 7) is 3.76. The summed E-state index contributed by atoms with van der Waals surface area (Å²) < 4.78 is 0. The SMILES string of the molecule is Cc1ccc(Cl)cc1NC(=O)C(=O)NCC1CCN(c2ncccc2C#N)CC1. The Labute approximate surface area is 174 Å². The molecule has 0 atom stereocenters. The number of nitrogens with one attached hydrogen (secondary N) is 2. The number of nitriles is 1. The highest BCUT2D eigenvalue weighted by atomic mass is 35.5. The standard InChI is InChI=1S/C21H22ClN5O2/c1-14-4-5-17(22)11-18(14)26-21(29)20(28)25-13-15-6-9-27(10-7-15)19-16(12-23)3-2-8-24-19/h2-5,8,11,15H,6-7,9-10,13H2,1H3,(H,25,28)(H,26,29). The van der Waals surface area contributed by atoms with Crippen LogP contribution in [0.5, 0.6) is 0 Å². The van der Waals surface area contributed by atoms with Gasteiger partial charge in [-0.1, -0.05) is 17.7 Å². The van der Waals surface area contributed by atoms with Crippen LogP contribution in [-0.2, 0) is 9.59 Å². The maximum atomic E-state index is 12.1. The van der Waals surface area contributed by atoms with Crippen molar-refractivity contribution in [1.29, 1.82) is 5.26 Å². The monoisotopic (exact) mass is 411 g/mol. The fraction of sp³-hybridized carbons (Fsp3) is 0.333. The summed E-state index contributed by atoms with van der Waals surface area (Å²) in [6.07, 6.45) is 3.37. The summed E-state index contributed by atoms with van der Waals surface area (Å²) in [5.74, 6) is -0.401. The minimum atomic E-state index is -0.708. The Morgan fingerprint density at radius 3 is 2.76 bits per heavy atom. The van der Waals surface area contributed by atoms with Gasteiger partial charge in [0.2, 0.25) is 0 Å². The van der Waals surface area contributed by atoms with Gasteiger partial charge < -0.3 is 15.5 Å². The molecule has 0 aliphatic carbocycles. The third kappa shape index (κ3) is 5.24. The van der Waals surface area contributed by atoms with Gasteiger partial charge in [-0.25, -0.2) is 4.98 Å². The molecule has 2 heterocycles. The largest absolute Gasteiger partial charge is 0.356 e. The summed E-state index contributed by atoms with van der Waals surface area (Å²) in [5, 5.41) is 15.0. The van der Waals surface area contributed by atoms with Gasteiger partial charge in [0, 0.05) is 36.5 Å². The number of aromatic nitrogens is 1. The van der Waals surface area contributed by atoms with Crippen molar-refractivity contribution >= 4 is 34.9 Å². The topological polar surface area (TPSA) is 98.1 Å². The fourth-order valence-corrected chi connectivity index (χ4v) is 3.48. The first-order chi connectivity index (χ1) is 14.0. The number of nitrogens with zero attached hydrogens (tertiary/aromatic N) is 3. The number of aryl methyl sites for hydroxylation is 1. The minimum absolute atomic E-state index is 0.269. The zero-order chi connectivity index (χ0) is 20.8. The van der Waals surface area contributed by atoms with Gasteiger partial charge in [-0.15, -0.1) is 0 Å². The Kier molecular flexibility index (Phi) is 6.68. The predicted molar refractivity (Wildman–Crippen MR) is 112 cm³/mol. The number of pyridine rings is 1. The van der Waals surface area contributed by atoms with Gasteiger partial charge in [-0.05, 0) is 55.5 Å². The van der Waals surface area contributed by atoms with E-state index in [9.17, 15) is 14.9 Å². The number of hydrogen-bond acceptors (Lipinski definition) is 5. The Balaban J connectivity index is 1.47. The number of benzene rings is 1. The van der Waals surface area contributed by atoms with E-state index in [1.54, 1.807) is 36.5 Å². The first-order valence-electron chi connectivity index (χ1n) is 9.43. The summed E-state index contributed by atoms with van der Waals surface area (Å²) in [4.78, 5) is 30.7. The molecule has 150 valence electrons. The third-order valence-electron chi connectivity index (χ3n) is 5.03. The van der Waals surface area contributed by atoms with Gasteiger partial charge in [0.15, 0.2) is 0 Å². The minimum Gasteiger partial charge on any atom is -0.356 e. The second-order valence-electron chi connectivity index (χ2n) is 7.04. The third-order valence-corrected chi connectivity index (χ3v) is 5.26. The van der Waals surface area contributed by atoms with Crippen LogP contribution in [0.15, 0.2) is 36.5 Å². The number of halogens is 1. The van der Waals surface area contributed by atoms with Gasteiger partial charge in [-0.3, -0.25) is 9.59 Å². The van der Waals surface area contributed by atoms with E-state index in [0.29, 0.717) is 28.6 Å². The molecule has 1 aromatic carbocycles. The lowest BCUT2D eigenvalue weighted by Crippen LogP contribution is -2.42. The molecule has 0 saturated carbocycles. The van der Waals surface area contributed by atoms with Crippen LogP contribution in [0.2, 0.25) is 5.02 Å². The van der Waals surface area contributed by atoms with Crippen molar-refractivity contribution in [3.05, 3.63) is 52.7 Å². The van der Waals surface area contributed by atoms with Gasteiger partial charge in [0.05, 0.1) is 5.56 Å². The molecule has 1 fully saturated rings. The normalized spacial score (nSPS) is 14.2. The molecule has 1 aliphatic rings. The number of carbonyl (C=O) groups excluding carboxylic acids is 2. The number of piperidine rings is 1. The molecule has 8 heteroatoms. The van der Waals surface area contributed by atoms with Crippen LogP contribution in [0.25, 0.3) is 0 Å². The Hall–Kier alpha value is -3.11. The van der Waals surface area contributed by atoms with E-state index in [1.165, 1.54) is 0 Å². The Morgan fingerprint density at radius 2 is 2.03 bits per heavy atom. The molecule has 29 heavy (non-hydrogen) atoms. The molecule has 3 rings (SSSR count). The van der Waals surface area contributed by atoms with Crippen molar-refractivity contribution < 1.29 is 9.59 Å². The molecular weight excluding hydrogens is 390 g/mol. The van der Waals surface area contributed by atoms with E-state index < -0.39 is 11.8 Å². The predicted octanol–water partition coefficient (Wildman–Crippen LogP) is 2.89. The summed E-state index contributed by atoms with van der Waals surface area (Å²) in [7, 11) is 0. The molecule has 7 nitrogen and oxygen atoms in total. The lowest BCUT2D eigenvalue weighted by atomic mass is 9.96. The van der Waals surface area contributed by atoms with Crippen molar-refractivity contribution in [2.45, 2.75) is 19.8 Å². The zero-order valence-electron chi connectivity index (χ0n) is 16.1. The number of carbonyl (C=O) groups is 2. The van der Waals surface area contributed by atoms with Crippen molar-refractivity contribution in [2.75, 3.05) is 29.9 Å². The van der Waals surface area contributed by atoms with Crippen LogP contribution in [0.3, 0.4) is 0 Å². The molecule has 1 saturated heterocycles. The second kappa shape index (κ2) is 9.39. The maximum Gasteiger partial charge on any atom is 0.313 e. The first-order valence-corrected chi connectivity index (χ1v) is 9.81. The smallest absolute Gasteiger partial charge is 0.313 e. The average molecular weight is 412 g/mol. The molecule has 2 N–H and O–H groups in total. The molecule has 0 spiro atoms. The summed E-state index contributed by atoms with van der Waals surface area (Å²) >= 11 is 5.94. The highest BCUT2D eigenvalue weighted by molar-refractivity contribution is 6.40. The van der Waals surface area contributed by atoms with Gasteiger partial charge in [0.25, 0.3) is 0 Å². The van der Waals surface area contributed by atoms with Crippen molar-refractivity contribution in [2.24, 2.45) is 5.92 Å². The van der Waals surface area contributed by atoms with Crippen LogP contribution in [0.1, 0.15) is 24.0 Å². The van der Waals surface area contributed by atoms with Crippen molar-refractivity contribution in [3.8, 4) is 6.07 Å². The van der Waals surface area contributed by atoms with Crippen LogP contribution in [0.4, 0.5) is 11.5 Å². The zero-order valence-corrected chi connectivity index (χ0v) is 16.9. The molecule has 0 unspecified atom stereocenters. The highest BCUT2D eigenvalue weighted by Crippen LogP contribution is 2.24. The van der Waals surface area contributed by atoms with Crippen LogP contribution >= 0.6 is 11.6 Å². The van der Waals surface area contributed by atoms with Gasteiger partial charge >= 0.3 is 11.8 Å². The highest BCUT2D eigenvalue weighted by Gasteiger charge is 2.23. The number of anilines is 2. The van der Waals surface area contributed by atoms with Crippen molar-refractivity contribution in [3.63, 3.8) is 0 Å². The molecule has 1 aromatic heterocycles. The van der Waals surface area contributed by atoms with Crippen molar-refractivity contribution in [1.82, 2.24) is 10.3 Å². The number of hydrogen-bond donors (Lipinski definition) is 2. The van der Waals surface area contributed by atoms with Gasteiger partial charge in [-0.2, -0.15) is 5.26 Å². The van der Waals surface area contributed by atoms with E-state index in [0.717, 1.165) is 31.5 Å². The number of amides is 2. The molecular formula is C21H22ClN5O2. The lowest BCUT2D eigenvalue weighted by molar-refractivity contribution is -0.136. The van der Waals surface area contributed by atoms with E-state index in [1.807, 2.05) is 6.92 Å². The Morgan fingerprint density at radius 1 is 1.28 bits per heavy atom. The average Bonchev–Trinajstić information content (AvgIpc) is 2.74. The molecule has 1 aliphatic heterocycles. The van der Waals surface area contributed by atoms with Crippen LogP contribution in [-0.4, -0.2) is 36.4 Å². The van der Waals surface area contributed by atoms with E-state index in [-0.39, 0.29) is 5.92 Å². The fourth-order valence-electron chi connectivity index (χ4n) is 3.31. The lowest BCUT2D eigenvalue weighted by Gasteiger charge is -2.33. The number of rotatable bonds is 4. The maximum absolute atomic E-state index is 12.1. The quantitative estimate of drug-likeness (QED) is 0.754. The second-order valence-corrected chi connectivity index (χ2v) is 7.48. The van der Waals surface area contributed by atoms with E-state index in [2.05, 4.69) is 26.6 Å².